The van der Waals surface area contributed by atoms with Crippen LogP contribution in [0.4, 0.5) is 0 Å². The lowest BCUT2D eigenvalue weighted by Gasteiger charge is -2.22. The van der Waals surface area contributed by atoms with E-state index < -0.39 is 16.0 Å². The number of rotatable bonds is 6. The zero-order chi connectivity index (χ0) is 16.4. The van der Waals surface area contributed by atoms with Crippen LogP contribution < -0.4 is 0 Å². The second kappa shape index (κ2) is 7.09. The van der Waals surface area contributed by atoms with Crippen LogP contribution in [0.15, 0.2) is 21.5 Å². The zero-order valence-electron chi connectivity index (χ0n) is 11.9. The number of benzene rings is 1. The van der Waals surface area contributed by atoms with E-state index >= 15 is 0 Å². The van der Waals surface area contributed by atoms with Crippen LogP contribution in [-0.4, -0.2) is 36.9 Å². The van der Waals surface area contributed by atoms with Crippen LogP contribution in [-0.2, 0) is 10.0 Å². The fourth-order valence-electron chi connectivity index (χ4n) is 1.82. The van der Waals surface area contributed by atoms with Crippen molar-refractivity contribution in [1.29, 1.82) is 0 Å². The highest BCUT2D eigenvalue weighted by Gasteiger charge is 2.26. The van der Waals surface area contributed by atoms with E-state index in [1.807, 2.05) is 13.8 Å². The van der Waals surface area contributed by atoms with Crippen LogP contribution >= 0.6 is 27.5 Å². The van der Waals surface area contributed by atoms with Gasteiger partial charge in [0.2, 0.25) is 10.0 Å². The molecule has 0 amide bonds. The standard InChI is InChI=1S/C13H17BrClNO4S/c1-4-16(7-8(2)3)21(19,20)9-5-10(13(17)18)12(15)11(14)6-9/h5-6,8H,4,7H2,1-3H3,(H,17,18). The second-order valence-electron chi connectivity index (χ2n) is 4.92. The fraction of sp³-hybridized carbons (Fsp3) is 0.462. The molecule has 0 bridgehead atoms. The molecule has 0 heterocycles. The van der Waals surface area contributed by atoms with Gasteiger partial charge in [-0.15, -0.1) is 0 Å². The van der Waals surface area contributed by atoms with Gasteiger partial charge in [-0.05, 0) is 34.0 Å². The molecular weight excluding hydrogens is 382 g/mol. The van der Waals surface area contributed by atoms with Gasteiger partial charge in [0.05, 0.1) is 15.5 Å². The predicted molar refractivity (Wildman–Crippen MR) is 85.4 cm³/mol. The molecule has 1 rings (SSSR count). The van der Waals surface area contributed by atoms with Crippen molar-refractivity contribution in [2.24, 2.45) is 5.92 Å². The number of nitrogens with zero attached hydrogens (tertiary/aromatic N) is 1. The van der Waals surface area contributed by atoms with Crippen LogP contribution in [0.1, 0.15) is 31.1 Å². The summed E-state index contributed by atoms with van der Waals surface area (Å²) in [5, 5.41) is 9.09. The average Bonchev–Trinajstić information content (AvgIpc) is 2.37. The Labute approximate surface area is 138 Å². The molecule has 21 heavy (non-hydrogen) atoms. The highest BCUT2D eigenvalue weighted by Crippen LogP contribution is 2.31. The third-order valence-corrected chi connectivity index (χ3v) is 5.97. The van der Waals surface area contributed by atoms with Crippen molar-refractivity contribution in [1.82, 2.24) is 4.31 Å². The van der Waals surface area contributed by atoms with E-state index in [1.165, 1.54) is 10.4 Å². The summed E-state index contributed by atoms with van der Waals surface area (Å²) in [6.07, 6.45) is 0. The molecule has 1 aromatic carbocycles. The third-order valence-electron chi connectivity index (χ3n) is 2.79. The van der Waals surface area contributed by atoms with Gasteiger partial charge in [0.15, 0.2) is 0 Å². The van der Waals surface area contributed by atoms with Gasteiger partial charge in [-0.3, -0.25) is 0 Å². The molecule has 0 fully saturated rings. The Kier molecular flexibility index (Phi) is 6.22. The van der Waals surface area contributed by atoms with Crippen molar-refractivity contribution < 1.29 is 18.3 Å². The van der Waals surface area contributed by atoms with Crippen molar-refractivity contribution >= 4 is 43.5 Å². The van der Waals surface area contributed by atoms with E-state index in [9.17, 15) is 13.2 Å². The molecule has 0 spiro atoms. The zero-order valence-corrected chi connectivity index (χ0v) is 15.1. The van der Waals surface area contributed by atoms with Crippen molar-refractivity contribution in [3.05, 3.63) is 27.2 Å². The second-order valence-corrected chi connectivity index (χ2v) is 8.09. The molecule has 0 atom stereocenters. The first-order chi connectivity index (χ1) is 9.61. The maximum Gasteiger partial charge on any atom is 0.337 e. The van der Waals surface area contributed by atoms with Crippen molar-refractivity contribution in [3.63, 3.8) is 0 Å². The molecule has 0 radical (unpaired) electrons. The molecule has 0 aromatic heterocycles. The maximum absolute atomic E-state index is 12.6. The van der Waals surface area contributed by atoms with Crippen molar-refractivity contribution in [2.45, 2.75) is 25.7 Å². The van der Waals surface area contributed by atoms with Gasteiger partial charge in [0, 0.05) is 17.6 Å². The normalized spacial score (nSPS) is 12.1. The summed E-state index contributed by atoms with van der Waals surface area (Å²) >= 11 is 8.97. The summed E-state index contributed by atoms with van der Waals surface area (Å²) in [4.78, 5) is 11.1. The number of sulfonamides is 1. The number of hydrogen-bond acceptors (Lipinski definition) is 3. The van der Waals surface area contributed by atoms with Gasteiger partial charge in [-0.2, -0.15) is 4.31 Å². The van der Waals surface area contributed by atoms with Gasteiger partial charge in [-0.25, -0.2) is 13.2 Å². The van der Waals surface area contributed by atoms with Crippen LogP contribution in [0.3, 0.4) is 0 Å². The molecular formula is C13H17BrClNO4S. The number of hydrogen-bond donors (Lipinski definition) is 1. The Bertz CT molecular complexity index is 646. The number of aromatic carboxylic acids is 1. The predicted octanol–water partition coefficient (Wildman–Crippen LogP) is 3.47. The average molecular weight is 399 g/mol. The van der Waals surface area contributed by atoms with Gasteiger partial charge < -0.3 is 5.11 Å². The highest BCUT2D eigenvalue weighted by atomic mass is 79.9. The lowest BCUT2D eigenvalue weighted by Crippen LogP contribution is -2.34. The summed E-state index contributed by atoms with van der Waals surface area (Å²) in [7, 11) is -3.76. The van der Waals surface area contributed by atoms with Crippen LogP contribution in [0.25, 0.3) is 0 Å². The number of carboxylic acid groups (broad SMARTS) is 1. The van der Waals surface area contributed by atoms with Gasteiger partial charge in [-0.1, -0.05) is 32.4 Å². The first-order valence-corrected chi connectivity index (χ1v) is 8.94. The number of carbonyl (C=O) groups is 1. The number of carboxylic acids is 1. The van der Waals surface area contributed by atoms with E-state index in [0.29, 0.717) is 13.1 Å². The summed E-state index contributed by atoms with van der Waals surface area (Å²) in [5.74, 6) is -1.11. The molecule has 5 nitrogen and oxygen atoms in total. The van der Waals surface area contributed by atoms with Gasteiger partial charge in [0.25, 0.3) is 0 Å². The van der Waals surface area contributed by atoms with E-state index in [0.717, 1.165) is 6.07 Å². The van der Waals surface area contributed by atoms with Crippen molar-refractivity contribution in [2.75, 3.05) is 13.1 Å². The largest absolute Gasteiger partial charge is 0.478 e. The van der Waals surface area contributed by atoms with Crippen molar-refractivity contribution in [3.8, 4) is 0 Å². The Morgan fingerprint density at radius 1 is 1.43 bits per heavy atom. The highest BCUT2D eigenvalue weighted by molar-refractivity contribution is 9.10. The van der Waals surface area contributed by atoms with E-state index in [-0.39, 0.29) is 25.9 Å². The molecule has 8 heteroatoms. The molecule has 0 saturated carbocycles. The molecule has 0 saturated heterocycles. The van der Waals surface area contributed by atoms with E-state index in [1.54, 1.807) is 6.92 Å². The molecule has 0 aliphatic heterocycles. The Morgan fingerprint density at radius 2 is 2.00 bits per heavy atom. The molecule has 0 unspecified atom stereocenters. The van der Waals surface area contributed by atoms with E-state index in [4.69, 9.17) is 16.7 Å². The third kappa shape index (κ3) is 4.18. The van der Waals surface area contributed by atoms with Crippen LogP contribution in [0, 0.1) is 5.92 Å². The SMILES string of the molecule is CCN(CC(C)C)S(=O)(=O)c1cc(Br)c(Cl)c(C(=O)O)c1. The smallest absolute Gasteiger partial charge is 0.337 e. The first kappa shape index (κ1) is 18.4. The minimum Gasteiger partial charge on any atom is -0.478 e. The minimum atomic E-state index is -3.76. The lowest BCUT2D eigenvalue weighted by molar-refractivity contribution is 0.0696. The number of halogens is 2. The maximum atomic E-state index is 12.6. The monoisotopic (exact) mass is 397 g/mol. The minimum absolute atomic E-state index is 0.0200. The van der Waals surface area contributed by atoms with E-state index in [2.05, 4.69) is 15.9 Å². The molecule has 118 valence electrons. The molecule has 1 N–H and O–H groups in total. The summed E-state index contributed by atoms with van der Waals surface area (Å²) < 4.78 is 26.8. The lowest BCUT2D eigenvalue weighted by atomic mass is 10.2. The first-order valence-electron chi connectivity index (χ1n) is 6.33. The van der Waals surface area contributed by atoms with Gasteiger partial charge >= 0.3 is 5.97 Å². The topological polar surface area (TPSA) is 74.7 Å². The van der Waals surface area contributed by atoms with Crippen LogP contribution in [0.5, 0.6) is 0 Å². The van der Waals surface area contributed by atoms with Gasteiger partial charge in [0.1, 0.15) is 0 Å². The summed E-state index contributed by atoms with van der Waals surface area (Å²) in [6.45, 7) is 6.24. The summed E-state index contributed by atoms with van der Waals surface area (Å²) in [6, 6.07) is 2.42. The fourth-order valence-corrected chi connectivity index (χ4v) is 4.29. The Hall–Kier alpha value is -0.630. The quantitative estimate of drug-likeness (QED) is 0.796. The van der Waals surface area contributed by atoms with Crippen LogP contribution in [0.2, 0.25) is 5.02 Å². The molecule has 1 aromatic rings. The molecule has 0 aliphatic rings. The summed E-state index contributed by atoms with van der Waals surface area (Å²) in [5.41, 5.74) is -0.245. The Morgan fingerprint density at radius 3 is 2.43 bits per heavy atom. The molecule has 0 aliphatic carbocycles. The Balaban J connectivity index is 3.41.